The standard InChI is InChI=1S/C17H16Cl2O/c1-10(2)14-7-8-15(17(19)16(14)18)13-6-4-5-12(9-13)11(3)20/h4-10H,1-3H3. The van der Waals surface area contributed by atoms with Crippen molar-refractivity contribution in [1.29, 1.82) is 0 Å². The third-order valence-electron chi connectivity index (χ3n) is 3.31. The van der Waals surface area contributed by atoms with Gasteiger partial charge in [0.1, 0.15) is 0 Å². The van der Waals surface area contributed by atoms with Crippen molar-refractivity contribution in [3.63, 3.8) is 0 Å². The van der Waals surface area contributed by atoms with Crippen LogP contribution in [-0.2, 0) is 0 Å². The Balaban J connectivity index is 2.56. The van der Waals surface area contributed by atoms with Crippen LogP contribution in [0.5, 0.6) is 0 Å². The highest BCUT2D eigenvalue weighted by molar-refractivity contribution is 6.44. The minimum absolute atomic E-state index is 0.0351. The first-order valence-electron chi connectivity index (χ1n) is 6.51. The minimum Gasteiger partial charge on any atom is -0.295 e. The highest BCUT2D eigenvalue weighted by Gasteiger charge is 2.14. The molecule has 0 bridgehead atoms. The second-order valence-corrected chi connectivity index (χ2v) is 5.88. The Labute approximate surface area is 129 Å². The predicted molar refractivity (Wildman–Crippen MR) is 86.0 cm³/mol. The molecule has 0 saturated heterocycles. The molecule has 2 aromatic carbocycles. The van der Waals surface area contributed by atoms with Gasteiger partial charge in [-0.25, -0.2) is 0 Å². The zero-order valence-corrected chi connectivity index (χ0v) is 13.2. The van der Waals surface area contributed by atoms with Crippen LogP contribution in [0.3, 0.4) is 0 Å². The smallest absolute Gasteiger partial charge is 0.159 e. The third kappa shape index (κ3) is 2.89. The largest absolute Gasteiger partial charge is 0.295 e. The Kier molecular flexibility index (Phi) is 4.52. The van der Waals surface area contributed by atoms with Gasteiger partial charge in [0.15, 0.2) is 5.78 Å². The lowest BCUT2D eigenvalue weighted by Gasteiger charge is -2.13. The molecule has 1 nitrogen and oxygen atoms in total. The van der Waals surface area contributed by atoms with Gasteiger partial charge in [0, 0.05) is 11.1 Å². The summed E-state index contributed by atoms with van der Waals surface area (Å²) >= 11 is 12.7. The molecule has 20 heavy (non-hydrogen) atoms. The fraction of sp³-hybridized carbons (Fsp3) is 0.235. The summed E-state index contributed by atoms with van der Waals surface area (Å²) in [5.41, 5.74) is 3.45. The van der Waals surface area contributed by atoms with Crippen LogP contribution in [0, 0.1) is 0 Å². The summed E-state index contributed by atoms with van der Waals surface area (Å²) in [6.45, 7) is 5.71. The fourth-order valence-corrected chi connectivity index (χ4v) is 2.80. The molecule has 0 fully saturated rings. The number of rotatable bonds is 3. The van der Waals surface area contributed by atoms with Crippen molar-refractivity contribution < 1.29 is 4.79 Å². The van der Waals surface area contributed by atoms with Crippen LogP contribution < -0.4 is 0 Å². The number of carbonyl (C=O) groups is 1. The average molecular weight is 307 g/mol. The van der Waals surface area contributed by atoms with Crippen LogP contribution in [0.1, 0.15) is 42.6 Å². The second-order valence-electron chi connectivity index (χ2n) is 5.12. The van der Waals surface area contributed by atoms with E-state index < -0.39 is 0 Å². The van der Waals surface area contributed by atoms with E-state index in [1.54, 1.807) is 13.0 Å². The van der Waals surface area contributed by atoms with Crippen molar-refractivity contribution in [2.45, 2.75) is 26.7 Å². The number of hydrogen-bond donors (Lipinski definition) is 0. The topological polar surface area (TPSA) is 17.1 Å². The first kappa shape index (κ1) is 15.1. The Hall–Kier alpha value is -1.31. The molecule has 2 aromatic rings. The van der Waals surface area contributed by atoms with E-state index in [9.17, 15) is 4.79 Å². The molecule has 0 spiro atoms. The average Bonchev–Trinajstić information content (AvgIpc) is 2.41. The molecular weight excluding hydrogens is 291 g/mol. The van der Waals surface area contributed by atoms with Crippen molar-refractivity contribution in [3.05, 3.63) is 57.6 Å². The van der Waals surface area contributed by atoms with Crippen LogP contribution in [0.15, 0.2) is 36.4 Å². The maximum atomic E-state index is 11.5. The fourth-order valence-electron chi connectivity index (χ4n) is 2.14. The summed E-state index contributed by atoms with van der Waals surface area (Å²) in [6, 6.07) is 11.4. The first-order valence-corrected chi connectivity index (χ1v) is 7.26. The van der Waals surface area contributed by atoms with Crippen LogP contribution >= 0.6 is 23.2 Å². The zero-order chi connectivity index (χ0) is 14.9. The molecule has 3 heteroatoms. The maximum Gasteiger partial charge on any atom is 0.159 e. The normalized spacial score (nSPS) is 10.9. The quantitative estimate of drug-likeness (QED) is 0.637. The molecule has 0 aromatic heterocycles. The van der Waals surface area contributed by atoms with E-state index in [1.165, 1.54) is 0 Å². The van der Waals surface area contributed by atoms with Crippen LogP contribution in [-0.4, -0.2) is 5.78 Å². The van der Waals surface area contributed by atoms with Crippen LogP contribution in [0.4, 0.5) is 0 Å². The summed E-state index contributed by atoms with van der Waals surface area (Å²) < 4.78 is 0. The number of Topliss-reactive ketones (excluding diaryl/α,β-unsaturated/α-hetero) is 1. The summed E-state index contributed by atoms with van der Waals surface area (Å²) in [5.74, 6) is 0.352. The number of carbonyl (C=O) groups excluding carboxylic acids is 1. The molecule has 2 rings (SSSR count). The lowest BCUT2D eigenvalue weighted by Crippen LogP contribution is -1.94. The third-order valence-corrected chi connectivity index (χ3v) is 4.21. The first-order chi connectivity index (χ1) is 9.41. The Bertz CT molecular complexity index is 660. The van der Waals surface area contributed by atoms with Gasteiger partial charge in [-0.05, 0) is 30.0 Å². The van der Waals surface area contributed by atoms with E-state index in [0.717, 1.165) is 16.7 Å². The molecule has 0 radical (unpaired) electrons. The van der Waals surface area contributed by atoms with Gasteiger partial charge in [-0.2, -0.15) is 0 Å². The lowest BCUT2D eigenvalue weighted by molar-refractivity contribution is 0.101. The minimum atomic E-state index is 0.0351. The van der Waals surface area contributed by atoms with Gasteiger partial charge in [0.05, 0.1) is 10.0 Å². The Morgan fingerprint density at radius 3 is 2.35 bits per heavy atom. The van der Waals surface area contributed by atoms with E-state index >= 15 is 0 Å². The van der Waals surface area contributed by atoms with Gasteiger partial charge in [-0.1, -0.05) is 67.4 Å². The SMILES string of the molecule is CC(=O)c1cccc(-c2ccc(C(C)C)c(Cl)c2Cl)c1. The van der Waals surface area contributed by atoms with Gasteiger partial charge in [0.2, 0.25) is 0 Å². The van der Waals surface area contributed by atoms with Gasteiger partial charge >= 0.3 is 0 Å². The molecule has 0 heterocycles. The Morgan fingerprint density at radius 1 is 1.05 bits per heavy atom. The summed E-state index contributed by atoms with van der Waals surface area (Å²) in [7, 11) is 0. The molecule has 0 atom stereocenters. The molecule has 0 aliphatic carbocycles. The molecule has 0 aliphatic rings. The van der Waals surface area contributed by atoms with Crippen LogP contribution in [0.25, 0.3) is 11.1 Å². The van der Waals surface area contributed by atoms with Crippen molar-refractivity contribution >= 4 is 29.0 Å². The monoisotopic (exact) mass is 306 g/mol. The maximum absolute atomic E-state index is 11.5. The molecule has 0 N–H and O–H groups in total. The molecular formula is C17H16Cl2O. The van der Waals surface area contributed by atoms with E-state index in [2.05, 4.69) is 13.8 Å². The summed E-state index contributed by atoms with van der Waals surface area (Å²) in [6.07, 6.45) is 0. The highest BCUT2D eigenvalue weighted by atomic mass is 35.5. The molecule has 0 amide bonds. The van der Waals surface area contributed by atoms with Crippen molar-refractivity contribution in [2.24, 2.45) is 0 Å². The number of benzene rings is 2. The van der Waals surface area contributed by atoms with Crippen molar-refractivity contribution in [3.8, 4) is 11.1 Å². The predicted octanol–water partition coefficient (Wildman–Crippen LogP) is 5.99. The summed E-state index contributed by atoms with van der Waals surface area (Å²) in [4.78, 5) is 11.5. The van der Waals surface area contributed by atoms with E-state index in [4.69, 9.17) is 23.2 Å². The highest BCUT2D eigenvalue weighted by Crippen LogP contribution is 2.38. The zero-order valence-electron chi connectivity index (χ0n) is 11.7. The molecule has 0 unspecified atom stereocenters. The number of hydrogen-bond acceptors (Lipinski definition) is 1. The van der Waals surface area contributed by atoms with Gasteiger partial charge in [-0.3, -0.25) is 4.79 Å². The lowest BCUT2D eigenvalue weighted by atomic mass is 9.97. The second kappa shape index (κ2) is 5.99. The molecule has 0 saturated carbocycles. The van der Waals surface area contributed by atoms with E-state index in [1.807, 2.05) is 30.3 Å². The van der Waals surface area contributed by atoms with E-state index in [0.29, 0.717) is 21.5 Å². The van der Waals surface area contributed by atoms with Gasteiger partial charge in [0.25, 0.3) is 0 Å². The number of halogens is 2. The van der Waals surface area contributed by atoms with Crippen molar-refractivity contribution in [2.75, 3.05) is 0 Å². The van der Waals surface area contributed by atoms with Gasteiger partial charge in [-0.15, -0.1) is 0 Å². The summed E-state index contributed by atoms with van der Waals surface area (Å²) in [5, 5.41) is 1.13. The van der Waals surface area contributed by atoms with Crippen LogP contribution in [0.2, 0.25) is 10.0 Å². The van der Waals surface area contributed by atoms with Gasteiger partial charge < -0.3 is 0 Å². The Morgan fingerprint density at radius 2 is 1.75 bits per heavy atom. The molecule has 104 valence electrons. The molecule has 0 aliphatic heterocycles. The van der Waals surface area contributed by atoms with Crippen molar-refractivity contribution in [1.82, 2.24) is 0 Å². The van der Waals surface area contributed by atoms with E-state index in [-0.39, 0.29) is 5.78 Å². The number of ketones is 1.